The number of methoxy groups -OCH3 is 1. The molecule has 1 N–H and O–H groups in total. The van der Waals surface area contributed by atoms with Gasteiger partial charge < -0.3 is 24.1 Å². The van der Waals surface area contributed by atoms with Gasteiger partial charge in [0.15, 0.2) is 0 Å². The summed E-state index contributed by atoms with van der Waals surface area (Å²) in [6.45, 7) is 3.25. The van der Waals surface area contributed by atoms with Gasteiger partial charge in [-0.1, -0.05) is 0 Å². The fourth-order valence-electron chi connectivity index (χ4n) is 3.46. The summed E-state index contributed by atoms with van der Waals surface area (Å²) in [6.07, 6.45) is 1.18. The van der Waals surface area contributed by atoms with Crippen LogP contribution in [0.4, 0.5) is 0 Å². The van der Waals surface area contributed by atoms with Gasteiger partial charge in [-0.05, 0) is 43.1 Å². The highest BCUT2D eigenvalue weighted by molar-refractivity contribution is 5.94. The molecule has 3 heterocycles. The number of nitrogens with zero attached hydrogens (tertiary/aromatic N) is 1. The first-order valence-electron chi connectivity index (χ1n) is 8.16. The van der Waals surface area contributed by atoms with Gasteiger partial charge in [0.25, 0.3) is 17.8 Å². The number of rotatable bonds is 5. The molecule has 2 bridgehead atoms. The fraction of sp³-hybridized carbons (Fsp3) is 0.389. The van der Waals surface area contributed by atoms with Crippen molar-refractivity contribution < 1.29 is 18.7 Å². The molecule has 6 nitrogen and oxygen atoms in total. The Bertz CT molecular complexity index is 725. The van der Waals surface area contributed by atoms with Crippen molar-refractivity contribution in [2.24, 2.45) is 5.92 Å². The molecule has 126 valence electrons. The molecule has 24 heavy (non-hydrogen) atoms. The minimum atomic E-state index is -0.0278. The van der Waals surface area contributed by atoms with Crippen LogP contribution in [0.25, 0.3) is 0 Å². The molecule has 2 fully saturated rings. The number of nitrogens with one attached hydrogen (secondary N) is 1. The zero-order valence-corrected chi connectivity index (χ0v) is 13.5. The van der Waals surface area contributed by atoms with Crippen molar-refractivity contribution >= 4 is 5.91 Å². The van der Waals surface area contributed by atoms with E-state index in [-0.39, 0.29) is 11.9 Å². The lowest BCUT2D eigenvalue weighted by Gasteiger charge is -2.23. The first-order valence-corrected chi connectivity index (χ1v) is 8.16. The fourth-order valence-corrected chi connectivity index (χ4v) is 3.46. The standard InChI is InChI=1S/C18H20N2O4/c1-22-16-6-7-17(24-16)23-14-4-2-12(3-5-14)18(21)19-15-11-20-9-8-13(15)10-20/h2-7,13,15H,8-11H2,1H3,(H,19,21)/t13-,15?/m0/s1. The molecule has 0 saturated carbocycles. The van der Waals surface area contributed by atoms with E-state index in [2.05, 4.69) is 10.2 Å². The number of ether oxygens (including phenoxy) is 2. The van der Waals surface area contributed by atoms with Gasteiger partial charge in [-0.25, -0.2) is 0 Å². The van der Waals surface area contributed by atoms with E-state index in [4.69, 9.17) is 13.9 Å². The van der Waals surface area contributed by atoms with E-state index in [1.807, 2.05) is 0 Å². The van der Waals surface area contributed by atoms with E-state index < -0.39 is 0 Å². The summed E-state index contributed by atoms with van der Waals surface area (Å²) in [7, 11) is 1.53. The van der Waals surface area contributed by atoms with Gasteiger partial charge in [0.1, 0.15) is 5.75 Å². The molecule has 2 unspecified atom stereocenters. The molecule has 2 aromatic rings. The summed E-state index contributed by atoms with van der Waals surface area (Å²) >= 11 is 0. The average Bonchev–Trinajstić information content (AvgIpc) is 3.32. The van der Waals surface area contributed by atoms with E-state index in [1.54, 1.807) is 36.4 Å². The second kappa shape index (κ2) is 6.20. The van der Waals surface area contributed by atoms with Gasteiger partial charge in [-0.2, -0.15) is 0 Å². The highest BCUT2D eigenvalue weighted by Crippen LogP contribution is 2.29. The van der Waals surface area contributed by atoms with Gasteiger partial charge in [0.2, 0.25) is 0 Å². The molecule has 2 aliphatic heterocycles. The second-order valence-corrected chi connectivity index (χ2v) is 6.29. The number of carbonyl (C=O) groups excluding carboxylic acids is 1. The molecule has 4 rings (SSSR count). The minimum Gasteiger partial charge on any atom is -0.468 e. The lowest BCUT2D eigenvalue weighted by Crippen LogP contribution is -2.43. The summed E-state index contributed by atoms with van der Waals surface area (Å²) < 4.78 is 15.9. The molecule has 0 spiro atoms. The maximum atomic E-state index is 12.4. The van der Waals surface area contributed by atoms with Crippen LogP contribution in [0.2, 0.25) is 0 Å². The van der Waals surface area contributed by atoms with Crippen LogP contribution in [0, 0.1) is 5.92 Å². The molecule has 2 saturated heterocycles. The predicted molar refractivity (Wildman–Crippen MR) is 87.6 cm³/mol. The van der Waals surface area contributed by atoms with E-state index in [0.29, 0.717) is 29.1 Å². The van der Waals surface area contributed by atoms with Crippen LogP contribution in [0.1, 0.15) is 16.8 Å². The van der Waals surface area contributed by atoms with E-state index in [0.717, 1.165) is 13.1 Å². The van der Waals surface area contributed by atoms with Crippen molar-refractivity contribution in [2.75, 3.05) is 26.7 Å². The van der Waals surface area contributed by atoms with Crippen molar-refractivity contribution in [3.8, 4) is 17.6 Å². The Hall–Kier alpha value is -2.47. The highest BCUT2D eigenvalue weighted by Gasteiger charge is 2.38. The number of hydrogen-bond donors (Lipinski definition) is 1. The van der Waals surface area contributed by atoms with E-state index in [9.17, 15) is 4.79 Å². The number of piperidine rings is 1. The van der Waals surface area contributed by atoms with Crippen molar-refractivity contribution in [3.05, 3.63) is 42.0 Å². The molecule has 0 radical (unpaired) electrons. The largest absolute Gasteiger partial charge is 0.468 e. The summed E-state index contributed by atoms with van der Waals surface area (Å²) in [4.78, 5) is 14.8. The van der Waals surface area contributed by atoms with Crippen molar-refractivity contribution in [1.82, 2.24) is 10.2 Å². The van der Waals surface area contributed by atoms with E-state index >= 15 is 0 Å². The third kappa shape index (κ3) is 2.97. The molecule has 0 aliphatic carbocycles. The lowest BCUT2D eigenvalue weighted by atomic mass is 9.99. The van der Waals surface area contributed by atoms with Crippen molar-refractivity contribution in [2.45, 2.75) is 12.5 Å². The molecule has 3 atom stereocenters. The molecule has 1 aromatic carbocycles. The number of furan rings is 1. The number of carbonyl (C=O) groups is 1. The first kappa shape index (κ1) is 15.1. The van der Waals surface area contributed by atoms with Gasteiger partial charge in [0.05, 0.1) is 7.11 Å². The molecule has 1 amide bonds. The number of benzene rings is 1. The summed E-state index contributed by atoms with van der Waals surface area (Å²) in [5.74, 6) is 1.92. The Morgan fingerprint density at radius 1 is 1.17 bits per heavy atom. The van der Waals surface area contributed by atoms with Crippen LogP contribution < -0.4 is 14.8 Å². The monoisotopic (exact) mass is 328 g/mol. The second-order valence-electron chi connectivity index (χ2n) is 6.29. The third-order valence-electron chi connectivity index (χ3n) is 4.74. The Balaban J connectivity index is 1.37. The van der Waals surface area contributed by atoms with Gasteiger partial charge in [-0.3, -0.25) is 4.79 Å². The zero-order valence-electron chi connectivity index (χ0n) is 13.5. The van der Waals surface area contributed by atoms with Gasteiger partial charge in [-0.15, -0.1) is 0 Å². The topological polar surface area (TPSA) is 63.9 Å². The number of amides is 1. The smallest absolute Gasteiger partial charge is 0.292 e. The Morgan fingerprint density at radius 3 is 2.58 bits per heavy atom. The lowest BCUT2D eigenvalue weighted by molar-refractivity contribution is 0.0924. The van der Waals surface area contributed by atoms with Crippen LogP contribution in [-0.2, 0) is 0 Å². The molecule has 2 aliphatic rings. The molecule has 1 aromatic heterocycles. The van der Waals surface area contributed by atoms with Crippen LogP contribution in [0.15, 0.2) is 40.8 Å². The minimum absolute atomic E-state index is 0.0278. The number of hydrogen-bond acceptors (Lipinski definition) is 5. The molecule has 6 heteroatoms. The van der Waals surface area contributed by atoms with Crippen molar-refractivity contribution in [3.63, 3.8) is 0 Å². The Kier molecular flexibility index (Phi) is 3.90. The maximum Gasteiger partial charge on any atom is 0.292 e. The maximum absolute atomic E-state index is 12.4. The third-order valence-corrected chi connectivity index (χ3v) is 4.74. The predicted octanol–water partition coefficient (Wildman–Crippen LogP) is 2.51. The molecular weight excluding hydrogens is 308 g/mol. The summed E-state index contributed by atoms with van der Waals surface area (Å²) in [6, 6.07) is 10.7. The first-order chi connectivity index (χ1) is 11.7. The van der Waals surface area contributed by atoms with E-state index in [1.165, 1.54) is 20.1 Å². The van der Waals surface area contributed by atoms with Crippen LogP contribution >= 0.6 is 0 Å². The van der Waals surface area contributed by atoms with Crippen LogP contribution in [0.3, 0.4) is 0 Å². The van der Waals surface area contributed by atoms with Crippen LogP contribution in [0.5, 0.6) is 17.6 Å². The van der Waals surface area contributed by atoms with Crippen molar-refractivity contribution in [1.29, 1.82) is 0 Å². The number of fused-ring (bicyclic) bond motifs is 2. The SMILES string of the molecule is COc1ccc(Oc2ccc(C(=O)NC3CN4CC[C@H]3C4)cc2)o1. The van der Waals surface area contributed by atoms with Gasteiger partial charge in [0, 0.05) is 36.8 Å². The zero-order chi connectivity index (χ0) is 16.5. The average molecular weight is 328 g/mol. The Labute approximate surface area is 140 Å². The summed E-state index contributed by atoms with van der Waals surface area (Å²) in [5, 5.41) is 3.15. The normalized spacial score (nSPS) is 24.8. The molecular formula is C18H20N2O4. The highest BCUT2D eigenvalue weighted by atomic mass is 16.6. The van der Waals surface area contributed by atoms with Gasteiger partial charge >= 0.3 is 0 Å². The quantitative estimate of drug-likeness (QED) is 0.914. The van der Waals surface area contributed by atoms with Crippen LogP contribution in [-0.4, -0.2) is 43.6 Å². The summed E-state index contributed by atoms with van der Waals surface area (Å²) in [5.41, 5.74) is 0.636. The Morgan fingerprint density at radius 2 is 1.96 bits per heavy atom.